The van der Waals surface area contributed by atoms with Crippen LogP contribution in [0.5, 0.6) is 11.5 Å². The molecule has 0 spiro atoms. The number of ether oxygens (including phenoxy) is 3. The first-order valence-corrected chi connectivity index (χ1v) is 13.9. The minimum Gasteiger partial charge on any atom is -0.490 e. The summed E-state index contributed by atoms with van der Waals surface area (Å²) in [7, 11) is 0. The van der Waals surface area contributed by atoms with Crippen molar-refractivity contribution in [3.05, 3.63) is 68.5 Å². The van der Waals surface area contributed by atoms with Crippen LogP contribution in [-0.2, 0) is 14.3 Å². The maximum atomic E-state index is 13.0. The Kier molecular flexibility index (Phi) is 11.0. The van der Waals surface area contributed by atoms with Gasteiger partial charge in [-0.3, -0.25) is 19.3 Å². The average Bonchev–Trinajstić information content (AvgIpc) is 3.15. The van der Waals surface area contributed by atoms with Gasteiger partial charge in [-0.2, -0.15) is 0 Å². The molecule has 0 saturated carbocycles. The Bertz CT molecular complexity index is 1330. The lowest BCUT2D eigenvalue weighted by Crippen LogP contribution is -2.36. The number of hydrogen-bond donors (Lipinski definition) is 1. The molecule has 0 unspecified atom stereocenters. The zero-order chi connectivity index (χ0) is 28.5. The molecule has 9 nitrogen and oxygen atoms in total. The molecule has 1 N–H and O–H groups in total. The molecule has 2 aromatic rings. The Hall–Kier alpha value is -3.28. The first kappa shape index (κ1) is 30.3. The van der Waals surface area contributed by atoms with Gasteiger partial charge in [0.25, 0.3) is 11.1 Å². The van der Waals surface area contributed by atoms with Gasteiger partial charge in [0, 0.05) is 5.69 Å². The molecule has 3 amide bonds. The van der Waals surface area contributed by atoms with Crippen molar-refractivity contribution in [2.75, 3.05) is 31.7 Å². The molecule has 1 fully saturated rings. The van der Waals surface area contributed by atoms with Crippen molar-refractivity contribution in [1.29, 1.82) is 0 Å². The van der Waals surface area contributed by atoms with Crippen LogP contribution >= 0.6 is 39.3 Å². The lowest BCUT2D eigenvalue weighted by atomic mass is 10.1. The summed E-state index contributed by atoms with van der Waals surface area (Å²) in [5.41, 5.74) is 0.952. The molecule has 0 bridgehead atoms. The summed E-state index contributed by atoms with van der Waals surface area (Å²) in [6, 6.07) is 7.75. The van der Waals surface area contributed by atoms with Crippen molar-refractivity contribution < 1.29 is 33.4 Å². The molecule has 0 radical (unpaired) electrons. The fraction of sp³-hybridized carbons (Fsp3) is 0.259. The highest BCUT2D eigenvalue weighted by Gasteiger charge is 2.36. The highest BCUT2D eigenvalue weighted by atomic mass is 79.9. The van der Waals surface area contributed by atoms with Crippen LogP contribution in [0.1, 0.15) is 36.2 Å². The number of hydrogen-bond acceptors (Lipinski definition) is 8. The van der Waals surface area contributed by atoms with Gasteiger partial charge >= 0.3 is 5.97 Å². The van der Waals surface area contributed by atoms with Crippen molar-refractivity contribution in [3.8, 4) is 11.5 Å². The summed E-state index contributed by atoms with van der Waals surface area (Å²) >= 11 is 10.3. The molecule has 0 aliphatic carbocycles. The second kappa shape index (κ2) is 14.2. The SMILES string of the molecule is C=CCOc1c(Br)cc(/C=C2/SC(=O)N(CC(=O)Nc3ccc(Cl)c(C(=O)OCCC)c3)C2=O)cc1OCC. The van der Waals surface area contributed by atoms with E-state index in [4.69, 9.17) is 25.8 Å². The summed E-state index contributed by atoms with van der Waals surface area (Å²) in [6.07, 6.45) is 3.79. The molecular weight excluding hydrogens is 612 g/mol. The molecule has 1 aliphatic rings. The zero-order valence-electron chi connectivity index (χ0n) is 21.3. The van der Waals surface area contributed by atoms with E-state index >= 15 is 0 Å². The molecule has 0 aromatic heterocycles. The Morgan fingerprint density at radius 2 is 1.95 bits per heavy atom. The fourth-order valence-electron chi connectivity index (χ4n) is 3.38. The highest BCUT2D eigenvalue weighted by molar-refractivity contribution is 9.10. The summed E-state index contributed by atoms with van der Waals surface area (Å²) < 4.78 is 17.0. The van der Waals surface area contributed by atoms with Crippen LogP contribution in [0.4, 0.5) is 10.5 Å². The number of rotatable bonds is 12. The molecule has 0 atom stereocenters. The summed E-state index contributed by atoms with van der Waals surface area (Å²) in [4.78, 5) is 51.4. The van der Waals surface area contributed by atoms with E-state index in [1.54, 1.807) is 24.3 Å². The van der Waals surface area contributed by atoms with E-state index in [0.29, 0.717) is 34.6 Å². The summed E-state index contributed by atoms with van der Waals surface area (Å²) in [5.74, 6) is -0.907. The lowest BCUT2D eigenvalue weighted by Gasteiger charge is -2.14. The van der Waals surface area contributed by atoms with Crippen molar-refractivity contribution in [2.45, 2.75) is 20.3 Å². The Morgan fingerprint density at radius 3 is 2.64 bits per heavy atom. The van der Waals surface area contributed by atoms with Gasteiger partial charge in [-0.1, -0.05) is 31.2 Å². The maximum absolute atomic E-state index is 13.0. The van der Waals surface area contributed by atoms with Crippen LogP contribution in [0.15, 0.2) is 52.4 Å². The van der Waals surface area contributed by atoms with Crippen molar-refractivity contribution in [2.24, 2.45) is 0 Å². The standard InChI is InChI=1S/C27H26BrClN2O7S/c1-4-9-37-24-19(28)11-16(12-21(24)36-6-3)13-22-25(33)31(27(35)39-22)15-23(32)30-17-7-8-20(29)18(14-17)26(34)38-10-5-2/h4,7-8,11-14H,1,5-6,9-10,15H2,2-3H3,(H,30,32)/b22-13+. The molecule has 39 heavy (non-hydrogen) atoms. The quantitative estimate of drug-likeness (QED) is 0.164. The average molecular weight is 638 g/mol. The molecule has 1 heterocycles. The Labute approximate surface area is 243 Å². The summed E-state index contributed by atoms with van der Waals surface area (Å²) in [6.45, 7) is 7.72. The molecule has 12 heteroatoms. The predicted molar refractivity (Wildman–Crippen MR) is 154 cm³/mol. The third-order valence-corrected chi connectivity index (χ3v) is 6.88. The van der Waals surface area contributed by atoms with Gasteiger partial charge in [0.05, 0.1) is 33.2 Å². The van der Waals surface area contributed by atoms with Crippen LogP contribution in [0.2, 0.25) is 5.02 Å². The van der Waals surface area contributed by atoms with Gasteiger partial charge in [0.2, 0.25) is 5.91 Å². The van der Waals surface area contributed by atoms with Crippen LogP contribution in [0, 0.1) is 0 Å². The van der Waals surface area contributed by atoms with Gasteiger partial charge in [-0.15, -0.1) is 0 Å². The largest absolute Gasteiger partial charge is 0.490 e. The number of benzene rings is 2. The Morgan fingerprint density at radius 1 is 1.18 bits per heavy atom. The van der Waals surface area contributed by atoms with E-state index < -0.39 is 29.6 Å². The molecular formula is C27H26BrClN2O7S. The maximum Gasteiger partial charge on any atom is 0.339 e. The zero-order valence-corrected chi connectivity index (χ0v) is 24.4. The molecule has 206 valence electrons. The smallest absolute Gasteiger partial charge is 0.339 e. The van der Waals surface area contributed by atoms with Gasteiger partial charge in [0.15, 0.2) is 11.5 Å². The van der Waals surface area contributed by atoms with Gasteiger partial charge in [-0.25, -0.2) is 4.79 Å². The molecule has 1 saturated heterocycles. The number of carbonyl (C=O) groups excluding carboxylic acids is 4. The van der Waals surface area contributed by atoms with Crippen LogP contribution < -0.4 is 14.8 Å². The lowest BCUT2D eigenvalue weighted by molar-refractivity contribution is -0.127. The second-order valence-electron chi connectivity index (χ2n) is 8.01. The van der Waals surface area contributed by atoms with Crippen molar-refractivity contribution >= 4 is 74.1 Å². The number of nitrogens with zero attached hydrogens (tertiary/aromatic N) is 1. The number of imide groups is 1. The van der Waals surface area contributed by atoms with Gasteiger partial charge in [0.1, 0.15) is 13.2 Å². The molecule has 2 aromatic carbocycles. The van der Waals surface area contributed by atoms with E-state index in [-0.39, 0.29) is 34.4 Å². The highest BCUT2D eigenvalue weighted by Crippen LogP contribution is 2.39. The first-order chi connectivity index (χ1) is 18.7. The number of thioether (sulfide) groups is 1. The third-order valence-electron chi connectivity index (χ3n) is 5.06. The van der Waals surface area contributed by atoms with E-state index in [0.717, 1.165) is 16.7 Å². The van der Waals surface area contributed by atoms with Gasteiger partial charge < -0.3 is 19.5 Å². The van der Waals surface area contributed by atoms with Crippen molar-refractivity contribution in [3.63, 3.8) is 0 Å². The number of amides is 3. The minimum atomic E-state index is -0.626. The van der Waals surface area contributed by atoms with E-state index in [1.165, 1.54) is 18.2 Å². The van der Waals surface area contributed by atoms with Crippen LogP contribution in [0.3, 0.4) is 0 Å². The predicted octanol–water partition coefficient (Wildman–Crippen LogP) is 6.31. The van der Waals surface area contributed by atoms with Gasteiger partial charge in [-0.05, 0) is 83.0 Å². The number of anilines is 1. The molecule has 3 rings (SSSR count). The second-order valence-corrected chi connectivity index (χ2v) is 10.3. The first-order valence-electron chi connectivity index (χ1n) is 11.9. The monoisotopic (exact) mass is 636 g/mol. The van der Waals surface area contributed by atoms with Crippen molar-refractivity contribution in [1.82, 2.24) is 4.90 Å². The Balaban J connectivity index is 1.73. The normalized spacial score (nSPS) is 13.9. The van der Waals surface area contributed by atoms with E-state index in [2.05, 4.69) is 27.8 Å². The van der Waals surface area contributed by atoms with Crippen LogP contribution in [-0.4, -0.2) is 54.3 Å². The van der Waals surface area contributed by atoms with Crippen LogP contribution in [0.25, 0.3) is 6.08 Å². The topological polar surface area (TPSA) is 111 Å². The van der Waals surface area contributed by atoms with E-state index in [1.807, 2.05) is 13.8 Å². The fourth-order valence-corrected chi connectivity index (χ4v) is 4.99. The van der Waals surface area contributed by atoms with E-state index in [9.17, 15) is 19.2 Å². The number of nitrogens with one attached hydrogen (secondary N) is 1. The third kappa shape index (κ3) is 7.87. The number of esters is 1. The molecule has 1 aliphatic heterocycles. The number of carbonyl (C=O) groups is 4. The minimum absolute atomic E-state index is 0.0931. The summed E-state index contributed by atoms with van der Waals surface area (Å²) in [5, 5.41) is 2.17. The number of halogens is 2.